The monoisotopic (exact) mass is 311 g/mol. The Labute approximate surface area is 132 Å². The zero-order valence-corrected chi connectivity index (χ0v) is 14.6. The number of thiazole rings is 1. The number of rotatable bonds is 8. The summed E-state index contributed by atoms with van der Waals surface area (Å²) in [7, 11) is 1.77. The van der Waals surface area contributed by atoms with Gasteiger partial charge in [-0.25, -0.2) is 4.98 Å². The van der Waals surface area contributed by atoms with Crippen LogP contribution in [-0.4, -0.2) is 37.8 Å². The Bertz CT molecular complexity index is 435. The largest absolute Gasteiger partial charge is 0.383 e. The van der Waals surface area contributed by atoms with Crippen molar-refractivity contribution in [2.24, 2.45) is 0 Å². The zero-order valence-electron chi connectivity index (χ0n) is 13.8. The molecule has 0 amide bonds. The van der Waals surface area contributed by atoms with E-state index in [1.54, 1.807) is 7.11 Å². The van der Waals surface area contributed by atoms with Gasteiger partial charge in [-0.15, -0.1) is 0 Å². The van der Waals surface area contributed by atoms with E-state index in [-0.39, 0.29) is 0 Å². The molecule has 0 saturated heterocycles. The van der Waals surface area contributed by atoms with Gasteiger partial charge in [-0.05, 0) is 39.2 Å². The van der Waals surface area contributed by atoms with Crippen LogP contribution in [0.2, 0.25) is 0 Å². The first-order valence-electron chi connectivity index (χ1n) is 8.19. The minimum Gasteiger partial charge on any atom is -0.383 e. The molecule has 0 aromatic carbocycles. The number of fused-ring (bicyclic) bond motifs is 1. The summed E-state index contributed by atoms with van der Waals surface area (Å²) in [6, 6.07) is 1.01. The van der Waals surface area contributed by atoms with Crippen LogP contribution in [-0.2, 0) is 11.2 Å². The zero-order chi connectivity index (χ0) is 15.2. The molecule has 120 valence electrons. The molecule has 0 fully saturated rings. The third-order valence-electron chi connectivity index (χ3n) is 4.29. The van der Waals surface area contributed by atoms with E-state index in [2.05, 4.69) is 31.0 Å². The summed E-state index contributed by atoms with van der Waals surface area (Å²) < 4.78 is 5.27. The molecule has 4 nitrogen and oxygen atoms in total. The van der Waals surface area contributed by atoms with Crippen molar-refractivity contribution >= 4 is 16.5 Å². The van der Waals surface area contributed by atoms with Gasteiger partial charge >= 0.3 is 0 Å². The summed E-state index contributed by atoms with van der Waals surface area (Å²) in [5, 5.41) is 4.78. The molecule has 2 atom stereocenters. The highest BCUT2D eigenvalue weighted by Gasteiger charge is 2.26. The number of aromatic nitrogens is 1. The van der Waals surface area contributed by atoms with E-state index in [1.165, 1.54) is 28.5 Å². The van der Waals surface area contributed by atoms with Crippen molar-refractivity contribution in [1.82, 2.24) is 10.3 Å². The highest BCUT2D eigenvalue weighted by molar-refractivity contribution is 7.15. The van der Waals surface area contributed by atoms with E-state index >= 15 is 0 Å². The Balaban J connectivity index is 2.21. The van der Waals surface area contributed by atoms with E-state index in [9.17, 15) is 0 Å². The second kappa shape index (κ2) is 8.11. The lowest BCUT2D eigenvalue weighted by atomic mass is 9.98. The molecule has 21 heavy (non-hydrogen) atoms. The van der Waals surface area contributed by atoms with E-state index in [1.807, 2.05) is 11.3 Å². The Morgan fingerprint density at radius 3 is 2.95 bits per heavy atom. The van der Waals surface area contributed by atoms with Crippen molar-refractivity contribution in [2.75, 3.05) is 31.7 Å². The summed E-state index contributed by atoms with van der Waals surface area (Å²) >= 11 is 1.88. The topological polar surface area (TPSA) is 37.4 Å². The summed E-state index contributed by atoms with van der Waals surface area (Å²) in [5.41, 5.74) is 1.32. The molecule has 1 aromatic heterocycles. The molecule has 1 aliphatic carbocycles. The van der Waals surface area contributed by atoms with Crippen LogP contribution in [0.15, 0.2) is 0 Å². The third kappa shape index (κ3) is 3.96. The van der Waals surface area contributed by atoms with Gasteiger partial charge in [-0.2, -0.15) is 0 Å². The fourth-order valence-corrected chi connectivity index (χ4v) is 4.24. The third-order valence-corrected chi connectivity index (χ3v) is 5.54. The van der Waals surface area contributed by atoms with Gasteiger partial charge in [0, 0.05) is 30.6 Å². The normalized spacial score (nSPS) is 19.3. The molecular formula is C16H29N3OS. The molecule has 0 saturated carbocycles. The Hall–Kier alpha value is -0.650. The number of ether oxygens (including phenoxy) is 1. The van der Waals surface area contributed by atoms with Gasteiger partial charge in [0.15, 0.2) is 5.13 Å². The maximum absolute atomic E-state index is 5.27. The van der Waals surface area contributed by atoms with Crippen LogP contribution in [0.25, 0.3) is 0 Å². The highest BCUT2D eigenvalue weighted by Crippen LogP contribution is 2.38. The maximum Gasteiger partial charge on any atom is 0.186 e. The molecule has 1 N–H and O–H groups in total. The Morgan fingerprint density at radius 2 is 2.29 bits per heavy atom. The lowest BCUT2D eigenvalue weighted by molar-refractivity contribution is 0.203. The summed E-state index contributed by atoms with van der Waals surface area (Å²) in [6.45, 7) is 9.39. The smallest absolute Gasteiger partial charge is 0.186 e. The van der Waals surface area contributed by atoms with Crippen molar-refractivity contribution in [3.05, 3.63) is 10.6 Å². The second-order valence-corrected chi connectivity index (χ2v) is 6.76. The molecule has 0 bridgehead atoms. The number of methoxy groups -OCH3 is 1. The van der Waals surface area contributed by atoms with Crippen molar-refractivity contribution in [3.63, 3.8) is 0 Å². The standard InChI is InChI=1S/C16H29N3OS/c1-5-12(3)19(10-11-20-4)16-18-14-9-7-8-13(17-6-2)15(14)21-16/h12-13,17H,5-11H2,1-4H3. The van der Waals surface area contributed by atoms with Crippen molar-refractivity contribution in [3.8, 4) is 0 Å². The first-order chi connectivity index (χ1) is 10.2. The highest BCUT2D eigenvalue weighted by atomic mass is 32.1. The maximum atomic E-state index is 5.27. The molecular weight excluding hydrogens is 282 g/mol. The van der Waals surface area contributed by atoms with Gasteiger partial charge in [-0.1, -0.05) is 25.2 Å². The Kier molecular flexibility index (Phi) is 6.45. The van der Waals surface area contributed by atoms with Crippen LogP contribution in [0.1, 0.15) is 56.6 Å². The van der Waals surface area contributed by atoms with Crippen LogP contribution >= 0.6 is 11.3 Å². The van der Waals surface area contributed by atoms with Gasteiger partial charge < -0.3 is 15.0 Å². The van der Waals surface area contributed by atoms with Crippen molar-refractivity contribution < 1.29 is 4.74 Å². The average Bonchev–Trinajstić information content (AvgIpc) is 2.92. The van der Waals surface area contributed by atoms with Crippen molar-refractivity contribution in [1.29, 1.82) is 0 Å². The Morgan fingerprint density at radius 1 is 1.48 bits per heavy atom. The number of aryl methyl sites for hydroxylation is 1. The van der Waals surface area contributed by atoms with Crippen LogP contribution in [0.3, 0.4) is 0 Å². The minimum absolute atomic E-state index is 0.505. The molecule has 0 radical (unpaired) electrons. The van der Waals surface area contributed by atoms with Crippen LogP contribution in [0, 0.1) is 0 Å². The van der Waals surface area contributed by atoms with Gasteiger partial charge in [0.2, 0.25) is 0 Å². The van der Waals surface area contributed by atoms with Gasteiger partial charge in [0.25, 0.3) is 0 Å². The first-order valence-corrected chi connectivity index (χ1v) is 9.01. The molecule has 1 aliphatic rings. The number of nitrogens with one attached hydrogen (secondary N) is 1. The molecule has 1 aromatic rings. The SMILES string of the molecule is CCNC1CCCc2nc(N(CCOC)C(C)CC)sc21. The predicted molar refractivity (Wildman–Crippen MR) is 90.4 cm³/mol. The summed E-state index contributed by atoms with van der Waals surface area (Å²) in [5.74, 6) is 0. The average molecular weight is 311 g/mol. The minimum atomic E-state index is 0.505. The van der Waals surface area contributed by atoms with E-state index in [4.69, 9.17) is 9.72 Å². The van der Waals surface area contributed by atoms with E-state index < -0.39 is 0 Å². The van der Waals surface area contributed by atoms with Crippen LogP contribution in [0.5, 0.6) is 0 Å². The number of hydrogen-bond donors (Lipinski definition) is 1. The molecule has 2 rings (SSSR count). The molecule has 5 heteroatoms. The van der Waals surface area contributed by atoms with Crippen molar-refractivity contribution in [2.45, 2.75) is 58.5 Å². The summed E-state index contributed by atoms with van der Waals surface area (Å²) in [6.07, 6.45) is 4.75. The molecule has 1 heterocycles. The lowest BCUT2D eigenvalue weighted by Gasteiger charge is -2.27. The van der Waals surface area contributed by atoms with Gasteiger partial charge in [-0.3, -0.25) is 0 Å². The van der Waals surface area contributed by atoms with E-state index in [0.717, 1.165) is 32.5 Å². The number of hydrogen-bond acceptors (Lipinski definition) is 5. The number of nitrogens with zero attached hydrogens (tertiary/aromatic N) is 2. The fraction of sp³-hybridized carbons (Fsp3) is 0.812. The van der Waals surface area contributed by atoms with Gasteiger partial charge in [0.1, 0.15) is 0 Å². The van der Waals surface area contributed by atoms with Crippen LogP contribution in [0.4, 0.5) is 5.13 Å². The predicted octanol–water partition coefficient (Wildman–Crippen LogP) is 3.38. The molecule has 0 spiro atoms. The fourth-order valence-electron chi connectivity index (χ4n) is 2.89. The molecule has 2 unspecified atom stereocenters. The second-order valence-electron chi connectivity index (χ2n) is 5.75. The molecule has 0 aliphatic heterocycles. The lowest BCUT2D eigenvalue weighted by Crippen LogP contribution is -2.35. The van der Waals surface area contributed by atoms with E-state index in [0.29, 0.717) is 12.1 Å². The first kappa shape index (κ1) is 16.7. The quantitative estimate of drug-likeness (QED) is 0.798. The van der Waals surface area contributed by atoms with Gasteiger partial charge in [0.05, 0.1) is 12.3 Å². The van der Waals surface area contributed by atoms with Crippen LogP contribution < -0.4 is 10.2 Å². The summed E-state index contributed by atoms with van der Waals surface area (Å²) in [4.78, 5) is 8.83. The number of anilines is 1.